The van der Waals surface area contributed by atoms with Crippen LogP contribution in [0.15, 0.2) is 29.3 Å². The number of aliphatic imine (C=N–C) groups is 1. The number of hydrogen-bond donors (Lipinski definition) is 2. The molecule has 4 heteroatoms. The minimum atomic E-state index is 0.419. The van der Waals surface area contributed by atoms with Crippen molar-refractivity contribution in [2.24, 2.45) is 4.99 Å². The standard InChI is InChI=1S/C14H22ClN3/c1-4-11(3)18-14(16-5-2)17-10-12-7-6-8-13(15)9-12/h6-9,11H,4-5,10H2,1-3H3,(H2,16,17,18). The number of halogens is 1. The largest absolute Gasteiger partial charge is 0.357 e. The van der Waals surface area contributed by atoms with Crippen LogP contribution < -0.4 is 10.6 Å². The number of guanidine groups is 1. The van der Waals surface area contributed by atoms with Crippen LogP contribution in [0.3, 0.4) is 0 Å². The molecule has 1 aromatic rings. The van der Waals surface area contributed by atoms with Gasteiger partial charge in [0.25, 0.3) is 0 Å². The van der Waals surface area contributed by atoms with Gasteiger partial charge in [0.1, 0.15) is 0 Å². The summed E-state index contributed by atoms with van der Waals surface area (Å²) in [5.74, 6) is 0.854. The first-order valence-electron chi connectivity index (χ1n) is 6.45. The van der Waals surface area contributed by atoms with E-state index in [1.807, 2.05) is 24.3 Å². The molecule has 0 saturated carbocycles. The Kier molecular flexibility index (Phi) is 6.58. The average Bonchev–Trinajstić information content (AvgIpc) is 2.36. The van der Waals surface area contributed by atoms with E-state index < -0.39 is 0 Å². The maximum absolute atomic E-state index is 5.95. The lowest BCUT2D eigenvalue weighted by molar-refractivity contribution is 0.624. The van der Waals surface area contributed by atoms with Crippen LogP contribution in [0, 0.1) is 0 Å². The first-order chi connectivity index (χ1) is 8.65. The predicted molar refractivity (Wildman–Crippen MR) is 79.2 cm³/mol. The summed E-state index contributed by atoms with van der Waals surface area (Å²) in [6, 6.07) is 8.21. The second-order valence-electron chi connectivity index (χ2n) is 4.28. The fraction of sp³-hybridized carbons (Fsp3) is 0.500. The Morgan fingerprint density at radius 2 is 2.17 bits per heavy atom. The maximum atomic E-state index is 5.95. The van der Waals surface area contributed by atoms with Gasteiger partial charge >= 0.3 is 0 Å². The highest BCUT2D eigenvalue weighted by atomic mass is 35.5. The second-order valence-corrected chi connectivity index (χ2v) is 4.72. The fourth-order valence-corrected chi connectivity index (χ4v) is 1.67. The first kappa shape index (κ1) is 14.8. The van der Waals surface area contributed by atoms with E-state index in [9.17, 15) is 0 Å². The lowest BCUT2D eigenvalue weighted by Crippen LogP contribution is -2.41. The van der Waals surface area contributed by atoms with Crippen LogP contribution in [0.1, 0.15) is 32.8 Å². The summed E-state index contributed by atoms with van der Waals surface area (Å²) in [4.78, 5) is 4.55. The zero-order valence-electron chi connectivity index (χ0n) is 11.3. The van der Waals surface area contributed by atoms with E-state index in [4.69, 9.17) is 11.6 Å². The molecule has 0 amide bonds. The van der Waals surface area contributed by atoms with Gasteiger partial charge in [0.2, 0.25) is 0 Å². The minimum Gasteiger partial charge on any atom is -0.357 e. The van der Waals surface area contributed by atoms with Crippen LogP contribution in [0.5, 0.6) is 0 Å². The molecule has 1 aromatic carbocycles. The Morgan fingerprint density at radius 1 is 1.39 bits per heavy atom. The van der Waals surface area contributed by atoms with Crippen LogP contribution in [0.4, 0.5) is 0 Å². The van der Waals surface area contributed by atoms with Crippen LogP contribution in [-0.4, -0.2) is 18.5 Å². The second kappa shape index (κ2) is 7.98. The van der Waals surface area contributed by atoms with Gasteiger partial charge in [-0.1, -0.05) is 30.7 Å². The van der Waals surface area contributed by atoms with Crippen molar-refractivity contribution in [2.45, 2.75) is 39.8 Å². The van der Waals surface area contributed by atoms with Gasteiger partial charge in [-0.05, 0) is 38.0 Å². The summed E-state index contributed by atoms with van der Waals surface area (Å²) in [6.45, 7) is 7.85. The lowest BCUT2D eigenvalue weighted by Gasteiger charge is -2.16. The van der Waals surface area contributed by atoms with Crippen molar-refractivity contribution in [3.8, 4) is 0 Å². The molecule has 0 aliphatic heterocycles. The highest BCUT2D eigenvalue weighted by molar-refractivity contribution is 6.30. The molecular weight excluding hydrogens is 246 g/mol. The van der Waals surface area contributed by atoms with Crippen molar-refractivity contribution in [2.75, 3.05) is 6.54 Å². The third-order valence-electron chi connectivity index (χ3n) is 2.65. The van der Waals surface area contributed by atoms with Gasteiger partial charge in [-0.3, -0.25) is 0 Å². The molecule has 0 radical (unpaired) electrons. The highest BCUT2D eigenvalue weighted by Gasteiger charge is 2.02. The fourth-order valence-electron chi connectivity index (χ4n) is 1.46. The summed E-state index contributed by atoms with van der Waals surface area (Å²) in [6.07, 6.45) is 1.07. The molecular formula is C14H22ClN3. The summed E-state index contributed by atoms with van der Waals surface area (Å²) < 4.78 is 0. The minimum absolute atomic E-state index is 0.419. The lowest BCUT2D eigenvalue weighted by atomic mass is 10.2. The van der Waals surface area contributed by atoms with E-state index in [-0.39, 0.29) is 0 Å². The van der Waals surface area contributed by atoms with E-state index in [0.29, 0.717) is 12.6 Å². The SMILES string of the molecule is CCNC(=NCc1cccc(Cl)c1)NC(C)CC. The quantitative estimate of drug-likeness (QED) is 0.635. The highest BCUT2D eigenvalue weighted by Crippen LogP contribution is 2.11. The molecule has 1 unspecified atom stereocenters. The van der Waals surface area contributed by atoms with Crippen LogP contribution in [0.25, 0.3) is 0 Å². The Labute approximate surface area is 115 Å². The predicted octanol–water partition coefficient (Wildman–Crippen LogP) is 3.19. The zero-order valence-corrected chi connectivity index (χ0v) is 12.1. The molecule has 0 bridgehead atoms. The van der Waals surface area contributed by atoms with Crippen molar-refractivity contribution in [1.29, 1.82) is 0 Å². The molecule has 0 aliphatic rings. The van der Waals surface area contributed by atoms with Gasteiger partial charge in [0.05, 0.1) is 6.54 Å². The van der Waals surface area contributed by atoms with Crippen LogP contribution in [-0.2, 0) is 6.54 Å². The van der Waals surface area contributed by atoms with Crippen molar-refractivity contribution >= 4 is 17.6 Å². The third-order valence-corrected chi connectivity index (χ3v) is 2.88. The normalized spacial score (nSPS) is 13.2. The Balaban J connectivity index is 2.64. The molecule has 3 nitrogen and oxygen atoms in total. The topological polar surface area (TPSA) is 36.4 Å². The van der Waals surface area contributed by atoms with Gasteiger partial charge in [-0.25, -0.2) is 4.99 Å². The zero-order chi connectivity index (χ0) is 13.4. The van der Waals surface area contributed by atoms with E-state index in [2.05, 4.69) is 36.4 Å². The molecule has 0 aliphatic carbocycles. The molecule has 100 valence electrons. The summed E-state index contributed by atoms with van der Waals surface area (Å²) in [7, 11) is 0. The van der Waals surface area contributed by atoms with Crippen molar-refractivity contribution < 1.29 is 0 Å². The monoisotopic (exact) mass is 267 g/mol. The Hall–Kier alpha value is -1.22. The van der Waals surface area contributed by atoms with E-state index >= 15 is 0 Å². The van der Waals surface area contributed by atoms with Gasteiger partial charge in [0.15, 0.2) is 5.96 Å². The van der Waals surface area contributed by atoms with Gasteiger partial charge in [0, 0.05) is 17.6 Å². The number of benzene rings is 1. The number of rotatable bonds is 5. The van der Waals surface area contributed by atoms with Crippen molar-refractivity contribution in [3.05, 3.63) is 34.9 Å². The molecule has 0 aromatic heterocycles. The number of nitrogens with one attached hydrogen (secondary N) is 2. The van der Waals surface area contributed by atoms with E-state index in [1.165, 1.54) is 0 Å². The maximum Gasteiger partial charge on any atom is 0.191 e. The molecule has 1 rings (SSSR count). The first-order valence-corrected chi connectivity index (χ1v) is 6.82. The molecule has 0 heterocycles. The van der Waals surface area contributed by atoms with Gasteiger partial charge in [-0.2, -0.15) is 0 Å². The van der Waals surface area contributed by atoms with E-state index in [0.717, 1.165) is 29.5 Å². The number of nitrogens with zero attached hydrogens (tertiary/aromatic N) is 1. The van der Waals surface area contributed by atoms with Crippen molar-refractivity contribution in [3.63, 3.8) is 0 Å². The number of hydrogen-bond acceptors (Lipinski definition) is 1. The molecule has 0 fully saturated rings. The Morgan fingerprint density at radius 3 is 2.78 bits per heavy atom. The average molecular weight is 268 g/mol. The van der Waals surface area contributed by atoms with Crippen LogP contribution in [0.2, 0.25) is 5.02 Å². The van der Waals surface area contributed by atoms with Crippen LogP contribution >= 0.6 is 11.6 Å². The molecule has 2 N–H and O–H groups in total. The third kappa shape index (κ3) is 5.41. The van der Waals surface area contributed by atoms with Gasteiger partial charge < -0.3 is 10.6 Å². The van der Waals surface area contributed by atoms with Crippen molar-refractivity contribution in [1.82, 2.24) is 10.6 Å². The van der Waals surface area contributed by atoms with E-state index in [1.54, 1.807) is 0 Å². The summed E-state index contributed by atoms with van der Waals surface area (Å²) >= 11 is 5.95. The molecule has 1 atom stereocenters. The van der Waals surface area contributed by atoms with Gasteiger partial charge in [-0.15, -0.1) is 0 Å². The summed E-state index contributed by atoms with van der Waals surface area (Å²) in [5, 5.41) is 7.35. The smallest absolute Gasteiger partial charge is 0.191 e. The molecule has 0 spiro atoms. The Bertz CT molecular complexity index is 390. The molecule has 18 heavy (non-hydrogen) atoms. The molecule has 0 saturated heterocycles. The summed E-state index contributed by atoms with van der Waals surface area (Å²) in [5.41, 5.74) is 1.11.